The van der Waals surface area contributed by atoms with Gasteiger partial charge in [-0.15, -0.1) is 0 Å². The molecule has 7 nitrogen and oxygen atoms in total. The Morgan fingerprint density at radius 2 is 2.17 bits per heavy atom. The van der Waals surface area contributed by atoms with Crippen LogP contribution in [0.5, 0.6) is 0 Å². The summed E-state index contributed by atoms with van der Waals surface area (Å²) in [5.41, 5.74) is 2.09. The van der Waals surface area contributed by atoms with E-state index in [1.807, 2.05) is 13.8 Å². The third-order valence-electron chi connectivity index (χ3n) is 4.64. The van der Waals surface area contributed by atoms with Crippen molar-refractivity contribution in [3.05, 3.63) is 23.0 Å². The van der Waals surface area contributed by atoms with Crippen LogP contribution in [0.15, 0.2) is 10.6 Å². The molecule has 0 aliphatic heterocycles. The third kappa shape index (κ3) is 2.98. The predicted octanol–water partition coefficient (Wildman–Crippen LogP) is 2.64. The molecule has 0 bridgehead atoms. The molecule has 0 saturated heterocycles. The maximum absolute atomic E-state index is 12.8. The summed E-state index contributed by atoms with van der Waals surface area (Å²) in [4.78, 5) is 28.7. The van der Waals surface area contributed by atoms with E-state index < -0.39 is 17.9 Å². The number of aromatic nitrogens is 2. The molecule has 1 fully saturated rings. The van der Waals surface area contributed by atoms with E-state index in [9.17, 15) is 14.7 Å². The zero-order valence-electron chi connectivity index (χ0n) is 14.0. The molecule has 128 valence electrons. The minimum absolute atomic E-state index is 0.171. The van der Waals surface area contributed by atoms with Crippen LogP contribution in [0, 0.1) is 12.8 Å². The number of aliphatic carboxylic acids is 1. The number of hydrogen-bond donors (Lipinski definition) is 2. The standard InChI is InChI=1S/C17H21N3O4/c1-4-8(2)14(17(22)23)19-15(21)11-7-12(10-5-6-10)18-16-13(11)9(3)20-24-16/h7-8,10,14H,4-6H2,1-3H3,(H,19,21)(H,22,23)/t8-,14-/m0/s1. The maximum Gasteiger partial charge on any atom is 0.326 e. The van der Waals surface area contributed by atoms with Gasteiger partial charge in [-0.1, -0.05) is 25.4 Å². The van der Waals surface area contributed by atoms with E-state index in [0.29, 0.717) is 34.7 Å². The lowest BCUT2D eigenvalue weighted by Gasteiger charge is -2.20. The van der Waals surface area contributed by atoms with Gasteiger partial charge >= 0.3 is 5.97 Å². The number of nitrogens with zero attached hydrogens (tertiary/aromatic N) is 2. The van der Waals surface area contributed by atoms with Gasteiger partial charge in [0.1, 0.15) is 6.04 Å². The quantitative estimate of drug-likeness (QED) is 0.843. The van der Waals surface area contributed by atoms with E-state index >= 15 is 0 Å². The number of amides is 1. The number of carbonyl (C=O) groups excluding carboxylic acids is 1. The minimum atomic E-state index is -1.03. The molecule has 2 N–H and O–H groups in total. The smallest absolute Gasteiger partial charge is 0.326 e. The molecule has 0 spiro atoms. The predicted molar refractivity (Wildman–Crippen MR) is 86.9 cm³/mol. The van der Waals surface area contributed by atoms with Crippen LogP contribution in [0.25, 0.3) is 11.1 Å². The molecule has 0 unspecified atom stereocenters. The lowest BCUT2D eigenvalue weighted by atomic mass is 9.98. The summed E-state index contributed by atoms with van der Waals surface area (Å²) >= 11 is 0. The average molecular weight is 331 g/mol. The van der Waals surface area contributed by atoms with Gasteiger partial charge in [0.25, 0.3) is 11.6 Å². The fourth-order valence-corrected chi connectivity index (χ4v) is 2.78. The summed E-state index contributed by atoms with van der Waals surface area (Å²) in [5, 5.41) is 16.5. The molecule has 2 atom stereocenters. The number of rotatable bonds is 6. The molecule has 0 aromatic carbocycles. The molecule has 1 aliphatic rings. The maximum atomic E-state index is 12.8. The first-order valence-electron chi connectivity index (χ1n) is 8.23. The van der Waals surface area contributed by atoms with Crippen LogP contribution >= 0.6 is 0 Å². The number of nitrogens with one attached hydrogen (secondary N) is 1. The van der Waals surface area contributed by atoms with E-state index in [0.717, 1.165) is 18.5 Å². The second-order valence-electron chi connectivity index (χ2n) is 6.49. The van der Waals surface area contributed by atoms with E-state index in [4.69, 9.17) is 4.52 Å². The van der Waals surface area contributed by atoms with Gasteiger partial charge < -0.3 is 14.9 Å². The highest BCUT2D eigenvalue weighted by Crippen LogP contribution is 2.40. The Kier molecular flexibility index (Phi) is 4.26. The highest BCUT2D eigenvalue weighted by molar-refractivity contribution is 6.07. The van der Waals surface area contributed by atoms with Gasteiger partial charge in [0.2, 0.25) is 0 Å². The Balaban J connectivity index is 1.99. The second-order valence-corrected chi connectivity index (χ2v) is 6.49. The topological polar surface area (TPSA) is 105 Å². The first-order valence-corrected chi connectivity index (χ1v) is 8.23. The summed E-state index contributed by atoms with van der Waals surface area (Å²) in [6, 6.07) is 0.810. The largest absolute Gasteiger partial charge is 0.480 e. The van der Waals surface area contributed by atoms with Gasteiger partial charge in [-0.3, -0.25) is 4.79 Å². The van der Waals surface area contributed by atoms with Gasteiger partial charge in [-0.25, -0.2) is 9.78 Å². The van der Waals surface area contributed by atoms with Crippen molar-refractivity contribution in [3.63, 3.8) is 0 Å². The molecule has 1 aliphatic carbocycles. The first-order chi connectivity index (χ1) is 11.4. The van der Waals surface area contributed by atoms with E-state index in [1.54, 1.807) is 13.0 Å². The van der Waals surface area contributed by atoms with Crippen LogP contribution in [-0.4, -0.2) is 33.2 Å². The molecule has 1 saturated carbocycles. The summed E-state index contributed by atoms with van der Waals surface area (Å²) in [6.07, 6.45) is 2.73. The molecule has 3 rings (SSSR count). The van der Waals surface area contributed by atoms with Crippen molar-refractivity contribution in [1.82, 2.24) is 15.5 Å². The van der Waals surface area contributed by atoms with Crippen LogP contribution < -0.4 is 5.32 Å². The number of aryl methyl sites for hydroxylation is 1. The summed E-state index contributed by atoms with van der Waals surface area (Å²) in [6.45, 7) is 5.44. The average Bonchev–Trinajstić information content (AvgIpc) is 3.34. The Hall–Kier alpha value is -2.44. The Labute approximate surface area is 139 Å². The van der Waals surface area contributed by atoms with Crippen molar-refractivity contribution in [2.75, 3.05) is 0 Å². The fourth-order valence-electron chi connectivity index (χ4n) is 2.78. The van der Waals surface area contributed by atoms with Crippen LogP contribution in [0.4, 0.5) is 0 Å². The molecule has 7 heteroatoms. The molecule has 1 amide bonds. The number of pyridine rings is 1. The van der Waals surface area contributed by atoms with Crippen molar-refractivity contribution in [1.29, 1.82) is 0 Å². The molecule has 24 heavy (non-hydrogen) atoms. The normalized spacial score (nSPS) is 16.8. The Morgan fingerprint density at radius 3 is 2.75 bits per heavy atom. The van der Waals surface area contributed by atoms with Crippen molar-refractivity contribution in [2.24, 2.45) is 5.92 Å². The zero-order chi connectivity index (χ0) is 17.4. The van der Waals surface area contributed by atoms with Gasteiger partial charge in [0.15, 0.2) is 0 Å². The van der Waals surface area contributed by atoms with Gasteiger partial charge in [-0.05, 0) is 31.7 Å². The highest BCUT2D eigenvalue weighted by atomic mass is 16.5. The van der Waals surface area contributed by atoms with Crippen molar-refractivity contribution >= 4 is 23.0 Å². The molecular weight excluding hydrogens is 310 g/mol. The third-order valence-corrected chi connectivity index (χ3v) is 4.64. The van der Waals surface area contributed by atoms with E-state index in [-0.39, 0.29) is 5.92 Å². The number of hydrogen-bond acceptors (Lipinski definition) is 5. The Bertz CT molecular complexity index is 794. The van der Waals surface area contributed by atoms with Crippen LogP contribution in [-0.2, 0) is 4.79 Å². The summed E-state index contributed by atoms with van der Waals surface area (Å²) < 4.78 is 5.22. The number of carboxylic acids is 1. The van der Waals surface area contributed by atoms with Crippen molar-refractivity contribution in [2.45, 2.75) is 52.0 Å². The van der Waals surface area contributed by atoms with Crippen LogP contribution in [0.1, 0.15) is 60.8 Å². The lowest BCUT2D eigenvalue weighted by Crippen LogP contribution is -2.45. The number of carbonyl (C=O) groups is 2. The first kappa shape index (κ1) is 16.4. The Morgan fingerprint density at radius 1 is 1.46 bits per heavy atom. The van der Waals surface area contributed by atoms with Crippen molar-refractivity contribution < 1.29 is 19.2 Å². The monoisotopic (exact) mass is 331 g/mol. The summed E-state index contributed by atoms with van der Waals surface area (Å²) in [7, 11) is 0. The number of carboxylic acid groups (broad SMARTS) is 1. The molecule has 2 aromatic rings. The van der Waals surface area contributed by atoms with Gasteiger partial charge in [-0.2, -0.15) is 0 Å². The molecule has 0 radical (unpaired) electrons. The van der Waals surface area contributed by atoms with Crippen molar-refractivity contribution in [3.8, 4) is 0 Å². The van der Waals surface area contributed by atoms with Gasteiger partial charge in [0.05, 0.1) is 16.6 Å². The summed E-state index contributed by atoms with van der Waals surface area (Å²) in [5.74, 6) is -1.29. The van der Waals surface area contributed by atoms with Crippen LogP contribution in [0.2, 0.25) is 0 Å². The van der Waals surface area contributed by atoms with Gasteiger partial charge in [0, 0.05) is 11.6 Å². The molecule has 2 aromatic heterocycles. The second kappa shape index (κ2) is 6.22. The van der Waals surface area contributed by atoms with Crippen LogP contribution in [0.3, 0.4) is 0 Å². The number of fused-ring (bicyclic) bond motifs is 1. The zero-order valence-corrected chi connectivity index (χ0v) is 14.0. The SMILES string of the molecule is CC[C@H](C)[C@H](NC(=O)c1cc(C2CC2)nc2onc(C)c12)C(=O)O. The molecule has 2 heterocycles. The fraction of sp³-hybridized carbons (Fsp3) is 0.529. The van der Waals surface area contributed by atoms with E-state index in [1.165, 1.54) is 0 Å². The minimum Gasteiger partial charge on any atom is -0.480 e. The molecular formula is C17H21N3O4. The van der Waals surface area contributed by atoms with E-state index in [2.05, 4.69) is 15.5 Å². The lowest BCUT2D eigenvalue weighted by molar-refractivity contribution is -0.140. The highest BCUT2D eigenvalue weighted by Gasteiger charge is 2.31.